The molecule has 0 spiro atoms. The molecule has 0 aliphatic carbocycles. The van der Waals surface area contributed by atoms with Crippen LogP contribution in [0.4, 0.5) is 5.82 Å². The maximum Gasteiger partial charge on any atom is 0.303 e. The van der Waals surface area contributed by atoms with Crippen molar-refractivity contribution in [3.63, 3.8) is 0 Å². The van der Waals surface area contributed by atoms with Gasteiger partial charge in [0.25, 0.3) is 0 Å². The predicted molar refractivity (Wildman–Crippen MR) is 97.5 cm³/mol. The summed E-state index contributed by atoms with van der Waals surface area (Å²) in [6, 6.07) is 5.85. The second-order valence-corrected chi connectivity index (χ2v) is 6.16. The zero-order valence-corrected chi connectivity index (χ0v) is 14.5. The fourth-order valence-electron chi connectivity index (χ4n) is 2.85. The maximum absolute atomic E-state index is 11.1. The zero-order valence-electron chi connectivity index (χ0n) is 14.5. The molecule has 2 rings (SSSR count). The maximum atomic E-state index is 11.1. The van der Waals surface area contributed by atoms with Crippen molar-refractivity contribution in [2.45, 2.75) is 50.9 Å². The van der Waals surface area contributed by atoms with E-state index in [4.69, 9.17) is 5.11 Å². The Morgan fingerprint density at radius 1 is 1.08 bits per heavy atom. The number of unbranched alkanes of at least 4 members (excludes halogenated alkanes) is 4. The van der Waals surface area contributed by atoms with Crippen LogP contribution in [-0.4, -0.2) is 32.6 Å². The number of anilines is 1. The second kappa shape index (κ2) is 11.1. The standard InChI is InChI=1S/C19H26N4O2/c24-19(25)12-16(17-13-20-15-21-14-17)8-4-2-1-3-6-10-22-18-9-5-7-11-23-18/h5,7,9,11,13-16H,1-4,6,8,10,12H2,(H,22,23)(H,24,25). The van der Waals surface area contributed by atoms with Crippen molar-refractivity contribution in [1.29, 1.82) is 0 Å². The van der Waals surface area contributed by atoms with E-state index in [2.05, 4.69) is 20.3 Å². The van der Waals surface area contributed by atoms with E-state index in [0.29, 0.717) is 0 Å². The molecule has 2 aromatic heterocycles. The molecule has 0 amide bonds. The van der Waals surface area contributed by atoms with Crippen LogP contribution in [0.15, 0.2) is 43.1 Å². The molecule has 25 heavy (non-hydrogen) atoms. The van der Waals surface area contributed by atoms with Gasteiger partial charge in [0, 0.05) is 25.1 Å². The average molecular weight is 342 g/mol. The van der Waals surface area contributed by atoms with Gasteiger partial charge in [-0.2, -0.15) is 0 Å². The molecule has 6 nitrogen and oxygen atoms in total. The van der Waals surface area contributed by atoms with Gasteiger partial charge in [0.15, 0.2) is 0 Å². The number of carboxylic acids is 1. The Balaban J connectivity index is 1.58. The topological polar surface area (TPSA) is 88.0 Å². The lowest BCUT2D eigenvalue weighted by molar-refractivity contribution is -0.137. The Hall–Kier alpha value is -2.50. The first-order chi connectivity index (χ1) is 12.3. The molecule has 134 valence electrons. The van der Waals surface area contributed by atoms with Crippen LogP contribution in [-0.2, 0) is 4.79 Å². The van der Waals surface area contributed by atoms with Gasteiger partial charge in [0.05, 0.1) is 6.42 Å². The summed E-state index contributed by atoms with van der Waals surface area (Å²) in [6.45, 7) is 0.931. The summed E-state index contributed by atoms with van der Waals surface area (Å²) in [5.74, 6) is 0.156. The normalized spacial score (nSPS) is 11.8. The summed E-state index contributed by atoms with van der Waals surface area (Å²) >= 11 is 0. The summed E-state index contributed by atoms with van der Waals surface area (Å²) in [4.78, 5) is 23.3. The molecule has 2 heterocycles. The van der Waals surface area contributed by atoms with E-state index < -0.39 is 5.97 Å². The molecule has 0 aliphatic heterocycles. The van der Waals surface area contributed by atoms with Crippen molar-refractivity contribution in [3.05, 3.63) is 48.7 Å². The van der Waals surface area contributed by atoms with Crippen LogP contribution in [0.5, 0.6) is 0 Å². The van der Waals surface area contributed by atoms with E-state index in [-0.39, 0.29) is 12.3 Å². The summed E-state index contributed by atoms with van der Waals surface area (Å²) in [6.07, 6.45) is 13.3. The molecule has 1 unspecified atom stereocenters. The van der Waals surface area contributed by atoms with Gasteiger partial charge in [-0.3, -0.25) is 4.79 Å². The van der Waals surface area contributed by atoms with Gasteiger partial charge in [-0.15, -0.1) is 0 Å². The number of carbonyl (C=O) groups is 1. The van der Waals surface area contributed by atoms with Gasteiger partial charge >= 0.3 is 5.97 Å². The van der Waals surface area contributed by atoms with E-state index in [1.165, 1.54) is 6.33 Å². The second-order valence-electron chi connectivity index (χ2n) is 6.16. The highest BCUT2D eigenvalue weighted by Gasteiger charge is 2.15. The van der Waals surface area contributed by atoms with Crippen LogP contribution in [0.2, 0.25) is 0 Å². The van der Waals surface area contributed by atoms with Crippen molar-refractivity contribution < 1.29 is 9.90 Å². The third-order valence-electron chi connectivity index (χ3n) is 4.17. The number of hydrogen-bond acceptors (Lipinski definition) is 5. The van der Waals surface area contributed by atoms with Gasteiger partial charge in [0.1, 0.15) is 12.1 Å². The molecule has 0 bridgehead atoms. The molecule has 0 radical (unpaired) electrons. The fourth-order valence-corrected chi connectivity index (χ4v) is 2.85. The molecule has 2 aromatic rings. The lowest BCUT2D eigenvalue weighted by Gasteiger charge is -2.14. The highest BCUT2D eigenvalue weighted by Crippen LogP contribution is 2.25. The van der Waals surface area contributed by atoms with Gasteiger partial charge in [-0.1, -0.05) is 31.7 Å². The van der Waals surface area contributed by atoms with Crippen LogP contribution in [0.1, 0.15) is 56.4 Å². The van der Waals surface area contributed by atoms with Gasteiger partial charge < -0.3 is 10.4 Å². The molecular formula is C19H26N4O2. The lowest BCUT2D eigenvalue weighted by atomic mass is 9.92. The van der Waals surface area contributed by atoms with Crippen molar-refractivity contribution in [2.24, 2.45) is 0 Å². The van der Waals surface area contributed by atoms with E-state index in [1.54, 1.807) is 18.6 Å². The first-order valence-corrected chi connectivity index (χ1v) is 8.87. The number of aliphatic carboxylic acids is 1. The Kier molecular flexibility index (Phi) is 8.38. The predicted octanol–water partition coefficient (Wildman–Crippen LogP) is 3.88. The van der Waals surface area contributed by atoms with Gasteiger partial charge in [-0.05, 0) is 36.5 Å². The van der Waals surface area contributed by atoms with Crippen molar-refractivity contribution in [1.82, 2.24) is 15.0 Å². The molecule has 0 saturated carbocycles. The van der Waals surface area contributed by atoms with E-state index in [0.717, 1.165) is 56.5 Å². The molecule has 6 heteroatoms. The largest absolute Gasteiger partial charge is 0.481 e. The summed E-state index contributed by atoms with van der Waals surface area (Å²) < 4.78 is 0. The van der Waals surface area contributed by atoms with Gasteiger partial charge in [0.2, 0.25) is 0 Å². The van der Waals surface area contributed by atoms with Crippen LogP contribution in [0, 0.1) is 0 Å². The van der Waals surface area contributed by atoms with E-state index in [1.807, 2.05) is 18.2 Å². The van der Waals surface area contributed by atoms with Crippen LogP contribution < -0.4 is 5.32 Å². The number of aromatic nitrogens is 3. The number of nitrogens with zero attached hydrogens (tertiary/aromatic N) is 3. The van der Waals surface area contributed by atoms with Crippen LogP contribution >= 0.6 is 0 Å². The Labute approximate surface area is 148 Å². The van der Waals surface area contributed by atoms with Crippen molar-refractivity contribution in [2.75, 3.05) is 11.9 Å². The van der Waals surface area contributed by atoms with Gasteiger partial charge in [-0.25, -0.2) is 15.0 Å². The minimum Gasteiger partial charge on any atom is -0.481 e. The number of hydrogen-bond donors (Lipinski definition) is 2. The zero-order chi connectivity index (χ0) is 17.7. The molecule has 2 N–H and O–H groups in total. The Bertz CT molecular complexity index is 607. The monoisotopic (exact) mass is 342 g/mol. The summed E-state index contributed by atoms with van der Waals surface area (Å²) in [5, 5.41) is 12.4. The van der Waals surface area contributed by atoms with Crippen LogP contribution in [0.3, 0.4) is 0 Å². The number of rotatable bonds is 12. The minimum absolute atomic E-state index is 0.00419. The van der Waals surface area contributed by atoms with E-state index in [9.17, 15) is 4.79 Å². The highest BCUT2D eigenvalue weighted by atomic mass is 16.4. The van der Waals surface area contributed by atoms with Crippen LogP contribution in [0.25, 0.3) is 0 Å². The molecule has 0 aromatic carbocycles. The number of pyridine rings is 1. The first kappa shape index (κ1) is 18.8. The summed E-state index contributed by atoms with van der Waals surface area (Å²) in [7, 11) is 0. The molecule has 1 atom stereocenters. The minimum atomic E-state index is -0.769. The molecule has 0 fully saturated rings. The molecule has 0 saturated heterocycles. The third-order valence-corrected chi connectivity index (χ3v) is 4.17. The smallest absolute Gasteiger partial charge is 0.303 e. The molecule has 0 aliphatic rings. The average Bonchev–Trinajstić information content (AvgIpc) is 2.64. The number of nitrogens with one attached hydrogen (secondary N) is 1. The van der Waals surface area contributed by atoms with E-state index >= 15 is 0 Å². The lowest BCUT2D eigenvalue weighted by Crippen LogP contribution is -2.07. The quantitative estimate of drug-likeness (QED) is 0.569. The highest BCUT2D eigenvalue weighted by molar-refractivity contribution is 5.67. The first-order valence-electron chi connectivity index (χ1n) is 8.87. The Morgan fingerprint density at radius 2 is 1.84 bits per heavy atom. The Morgan fingerprint density at radius 3 is 2.56 bits per heavy atom. The fraction of sp³-hybridized carbons (Fsp3) is 0.474. The SMILES string of the molecule is O=C(O)CC(CCCCCCCNc1ccccn1)c1cncnc1. The third kappa shape index (κ3) is 7.74. The van der Waals surface area contributed by atoms with Crippen molar-refractivity contribution in [3.8, 4) is 0 Å². The number of carboxylic acid groups (broad SMARTS) is 1. The van der Waals surface area contributed by atoms with Crippen molar-refractivity contribution >= 4 is 11.8 Å². The summed E-state index contributed by atoms with van der Waals surface area (Å²) in [5.41, 5.74) is 0.921. The molecular weight excluding hydrogens is 316 g/mol.